The van der Waals surface area contributed by atoms with Crippen LogP contribution in [0.25, 0.3) is 0 Å². The van der Waals surface area contributed by atoms with Crippen LogP contribution in [0.1, 0.15) is 32.8 Å². The third-order valence-electron chi connectivity index (χ3n) is 6.32. The Morgan fingerprint density at radius 3 is 2.17 bits per heavy atom. The van der Waals surface area contributed by atoms with Crippen molar-refractivity contribution < 1.29 is 18.0 Å². The first-order chi connectivity index (χ1) is 18.9. The molecule has 0 aliphatic carbocycles. The lowest BCUT2D eigenvalue weighted by Gasteiger charge is -2.32. The zero-order valence-electron chi connectivity index (χ0n) is 22.1. The molecular formula is C28H29Cl4N3O4S. The van der Waals surface area contributed by atoms with Crippen LogP contribution < -0.4 is 9.62 Å². The fraction of sp³-hybridized carbons (Fsp3) is 0.286. The van der Waals surface area contributed by atoms with Gasteiger partial charge in [-0.15, -0.1) is 0 Å². The molecule has 0 bridgehead atoms. The zero-order chi connectivity index (χ0) is 29.6. The van der Waals surface area contributed by atoms with Crippen LogP contribution in [0.2, 0.25) is 20.1 Å². The van der Waals surface area contributed by atoms with E-state index < -0.39 is 28.5 Å². The van der Waals surface area contributed by atoms with Crippen molar-refractivity contribution in [2.24, 2.45) is 0 Å². The van der Waals surface area contributed by atoms with Crippen molar-refractivity contribution in [3.05, 3.63) is 92.4 Å². The van der Waals surface area contributed by atoms with Crippen molar-refractivity contribution >= 4 is 73.9 Å². The normalized spacial score (nSPS) is 12.9. The summed E-state index contributed by atoms with van der Waals surface area (Å²) in [6.07, 6.45) is 0.690. The number of sulfonamides is 1. The monoisotopic (exact) mass is 643 g/mol. The van der Waals surface area contributed by atoms with Crippen LogP contribution in [0.4, 0.5) is 5.69 Å². The second-order valence-corrected chi connectivity index (χ2v) is 12.6. The number of hydrogen-bond donors (Lipinski definition) is 1. The average molecular weight is 645 g/mol. The molecular weight excluding hydrogens is 616 g/mol. The van der Waals surface area contributed by atoms with Crippen molar-refractivity contribution in [1.29, 1.82) is 0 Å². The average Bonchev–Trinajstić information content (AvgIpc) is 2.93. The van der Waals surface area contributed by atoms with E-state index in [4.69, 9.17) is 46.4 Å². The van der Waals surface area contributed by atoms with E-state index in [2.05, 4.69) is 5.32 Å². The number of rotatable bonds is 11. The minimum Gasteiger partial charge on any atom is -0.352 e. The van der Waals surface area contributed by atoms with E-state index in [9.17, 15) is 18.0 Å². The maximum Gasteiger partial charge on any atom is 0.264 e. The predicted molar refractivity (Wildman–Crippen MR) is 162 cm³/mol. The third kappa shape index (κ3) is 7.62. The highest BCUT2D eigenvalue weighted by atomic mass is 35.5. The summed E-state index contributed by atoms with van der Waals surface area (Å²) < 4.78 is 28.6. The molecule has 3 aromatic carbocycles. The Bertz CT molecular complexity index is 1470. The highest BCUT2D eigenvalue weighted by Crippen LogP contribution is 2.35. The van der Waals surface area contributed by atoms with Gasteiger partial charge in [0.2, 0.25) is 11.8 Å². The van der Waals surface area contributed by atoms with Gasteiger partial charge in [-0.1, -0.05) is 83.7 Å². The summed E-state index contributed by atoms with van der Waals surface area (Å²) in [7, 11) is -4.27. The van der Waals surface area contributed by atoms with E-state index in [0.29, 0.717) is 17.0 Å². The number of amides is 2. The minimum absolute atomic E-state index is 0.0255. The van der Waals surface area contributed by atoms with E-state index in [1.807, 2.05) is 13.8 Å². The number of hydrogen-bond acceptors (Lipinski definition) is 4. The van der Waals surface area contributed by atoms with Crippen LogP contribution in [0.5, 0.6) is 0 Å². The number of anilines is 1. The number of nitrogens with one attached hydrogen (secondary N) is 1. The summed E-state index contributed by atoms with van der Waals surface area (Å²) in [5, 5.41) is 3.58. The van der Waals surface area contributed by atoms with Crippen molar-refractivity contribution in [1.82, 2.24) is 10.2 Å². The molecule has 0 saturated heterocycles. The number of carbonyl (C=O) groups is 2. The molecule has 12 heteroatoms. The molecule has 0 saturated carbocycles. The quantitative estimate of drug-likeness (QED) is 0.248. The Balaban J connectivity index is 2.07. The molecule has 0 radical (unpaired) electrons. The minimum atomic E-state index is -4.27. The summed E-state index contributed by atoms with van der Waals surface area (Å²) in [5.74, 6) is -1.03. The largest absolute Gasteiger partial charge is 0.352 e. The Labute approximate surface area is 255 Å². The molecule has 3 aromatic rings. The number of nitrogens with zero attached hydrogens (tertiary/aromatic N) is 2. The second kappa shape index (κ2) is 13.9. The van der Waals surface area contributed by atoms with Crippen LogP contribution >= 0.6 is 46.4 Å². The molecule has 3 rings (SSSR count). The van der Waals surface area contributed by atoms with Gasteiger partial charge >= 0.3 is 0 Å². The molecule has 214 valence electrons. The summed E-state index contributed by atoms with van der Waals surface area (Å²) in [4.78, 5) is 28.3. The van der Waals surface area contributed by atoms with E-state index in [0.717, 1.165) is 4.31 Å². The van der Waals surface area contributed by atoms with Crippen LogP contribution in [0.15, 0.2) is 71.6 Å². The number of halogens is 4. The molecule has 1 N–H and O–H groups in total. The Kier molecular flexibility index (Phi) is 11.1. The molecule has 2 atom stereocenters. The molecule has 0 unspecified atom stereocenters. The molecule has 2 amide bonds. The van der Waals surface area contributed by atoms with Gasteiger partial charge in [-0.05, 0) is 62.2 Å². The highest BCUT2D eigenvalue weighted by Gasteiger charge is 2.34. The van der Waals surface area contributed by atoms with E-state index >= 15 is 0 Å². The van der Waals surface area contributed by atoms with Crippen molar-refractivity contribution in [3.63, 3.8) is 0 Å². The lowest BCUT2D eigenvalue weighted by molar-refractivity contribution is -0.139. The van der Waals surface area contributed by atoms with Gasteiger partial charge in [0.05, 0.1) is 30.7 Å². The molecule has 7 nitrogen and oxygen atoms in total. The van der Waals surface area contributed by atoms with Gasteiger partial charge < -0.3 is 10.2 Å². The number of benzene rings is 3. The summed E-state index contributed by atoms with van der Waals surface area (Å²) in [6.45, 7) is 4.67. The van der Waals surface area contributed by atoms with Gasteiger partial charge in [-0.3, -0.25) is 13.9 Å². The first-order valence-electron chi connectivity index (χ1n) is 12.4. The van der Waals surface area contributed by atoms with E-state index in [-0.39, 0.29) is 44.1 Å². The van der Waals surface area contributed by atoms with Gasteiger partial charge in [-0.25, -0.2) is 8.42 Å². The van der Waals surface area contributed by atoms with Crippen LogP contribution in [0.3, 0.4) is 0 Å². The van der Waals surface area contributed by atoms with Crippen molar-refractivity contribution in [2.45, 2.75) is 50.7 Å². The SMILES string of the molecule is CC[C@H](C)NC(=O)[C@H](C)N(Cc1ccc(Cl)c(Cl)c1)C(=O)CN(c1cccc(Cl)c1Cl)S(=O)(=O)c1ccccc1. The fourth-order valence-electron chi connectivity index (χ4n) is 3.80. The van der Waals surface area contributed by atoms with Crippen molar-refractivity contribution in [3.8, 4) is 0 Å². The first-order valence-corrected chi connectivity index (χ1v) is 15.4. The smallest absolute Gasteiger partial charge is 0.264 e. The molecule has 40 heavy (non-hydrogen) atoms. The zero-order valence-corrected chi connectivity index (χ0v) is 25.9. The maximum atomic E-state index is 14.0. The molecule has 0 spiro atoms. The Morgan fingerprint density at radius 2 is 1.55 bits per heavy atom. The highest BCUT2D eigenvalue weighted by molar-refractivity contribution is 7.92. The Morgan fingerprint density at radius 1 is 0.875 bits per heavy atom. The molecule has 0 aliphatic heterocycles. The van der Waals surface area contributed by atoms with Gasteiger partial charge in [0.15, 0.2) is 0 Å². The summed E-state index contributed by atoms with van der Waals surface area (Å²) in [6, 6.07) is 16.0. The lowest BCUT2D eigenvalue weighted by Crippen LogP contribution is -2.52. The lowest BCUT2D eigenvalue weighted by atomic mass is 10.1. The van der Waals surface area contributed by atoms with Crippen LogP contribution in [-0.2, 0) is 26.2 Å². The molecule has 0 heterocycles. The predicted octanol–water partition coefficient (Wildman–Crippen LogP) is 6.83. The topological polar surface area (TPSA) is 86.8 Å². The van der Waals surface area contributed by atoms with Gasteiger partial charge in [0.25, 0.3) is 10.0 Å². The maximum absolute atomic E-state index is 14.0. The second-order valence-electron chi connectivity index (χ2n) is 9.16. The molecule has 0 aliphatic rings. The van der Waals surface area contributed by atoms with Crippen molar-refractivity contribution in [2.75, 3.05) is 10.8 Å². The van der Waals surface area contributed by atoms with Crippen LogP contribution in [0, 0.1) is 0 Å². The summed E-state index contributed by atoms with van der Waals surface area (Å²) in [5.41, 5.74) is 0.627. The first kappa shape index (κ1) is 32.0. The molecule has 0 aromatic heterocycles. The third-order valence-corrected chi connectivity index (χ3v) is 9.64. The van der Waals surface area contributed by atoms with Gasteiger partial charge in [-0.2, -0.15) is 0 Å². The number of carbonyl (C=O) groups excluding carboxylic acids is 2. The van der Waals surface area contributed by atoms with E-state index in [1.54, 1.807) is 43.3 Å². The molecule has 0 fully saturated rings. The van der Waals surface area contributed by atoms with E-state index in [1.165, 1.54) is 35.2 Å². The summed E-state index contributed by atoms with van der Waals surface area (Å²) >= 11 is 24.9. The van der Waals surface area contributed by atoms with Gasteiger partial charge in [0, 0.05) is 12.6 Å². The standard InChI is InChI=1S/C28H29Cl4N3O4S/c1-4-18(2)33-28(37)19(3)34(16-20-13-14-22(29)24(31)15-20)26(36)17-35(25-12-8-11-23(30)27(25)32)40(38,39)21-9-6-5-7-10-21/h5-15,18-19H,4,16-17H2,1-3H3,(H,33,37)/t18-,19-/m0/s1. The van der Waals surface area contributed by atoms with Crippen LogP contribution in [-0.4, -0.2) is 43.8 Å². The fourth-order valence-corrected chi connectivity index (χ4v) is 6.02. The Hall–Kier alpha value is -2.49. The van der Waals surface area contributed by atoms with Gasteiger partial charge in [0.1, 0.15) is 12.6 Å².